The molecule has 1 saturated heterocycles. The Balaban J connectivity index is 1.93. The number of alkyl halides is 1. The Morgan fingerprint density at radius 1 is 1.37 bits per heavy atom. The van der Waals surface area contributed by atoms with E-state index in [1.165, 1.54) is 0 Å². The summed E-state index contributed by atoms with van der Waals surface area (Å²) in [5.41, 5.74) is 1.47. The predicted octanol–water partition coefficient (Wildman–Crippen LogP) is 1.86. The van der Waals surface area contributed by atoms with Crippen molar-refractivity contribution in [3.63, 3.8) is 0 Å². The average molecular weight is 279 g/mol. The lowest BCUT2D eigenvalue weighted by Crippen LogP contribution is -2.49. The number of halogens is 1. The van der Waals surface area contributed by atoms with Crippen LogP contribution in [0, 0.1) is 0 Å². The standard InChI is InChI=1S/C13H15ClN4O/c1-9-8-19-10(6-14)7-18(9)12-3-2-11-13(17-12)16-5-4-15-11/h2-5,9-10H,6-8H2,1H3. The van der Waals surface area contributed by atoms with Crippen LogP contribution in [0.5, 0.6) is 0 Å². The van der Waals surface area contributed by atoms with Crippen LogP contribution in [0.25, 0.3) is 11.2 Å². The topological polar surface area (TPSA) is 51.1 Å². The van der Waals surface area contributed by atoms with E-state index in [0.717, 1.165) is 17.9 Å². The third-order valence-corrected chi connectivity index (χ3v) is 3.63. The molecule has 2 aromatic heterocycles. The van der Waals surface area contributed by atoms with Gasteiger partial charge in [0.1, 0.15) is 11.3 Å². The van der Waals surface area contributed by atoms with Crippen molar-refractivity contribution >= 4 is 28.6 Å². The number of pyridine rings is 1. The number of hydrogen-bond donors (Lipinski definition) is 0. The quantitative estimate of drug-likeness (QED) is 0.785. The molecule has 5 nitrogen and oxygen atoms in total. The van der Waals surface area contributed by atoms with Crippen LogP contribution < -0.4 is 4.90 Å². The Bertz CT molecular complexity index is 579. The summed E-state index contributed by atoms with van der Waals surface area (Å²) in [6.45, 7) is 3.54. The molecule has 0 bridgehead atoms. The van der Waals surface area contributed by atoms with Gasteiger partial charge in [0.25, 0.3) is 0 Å². The molecule has 100 valence electrons. The first kappa shape index (κ1) is 12.6. The summed E-state index contributed by atoms with van der Waals surface area (Å²) in [5.74, 6) is 1.40. The van der Waals surface area contributed by atoms with Gasteiger partial charge in [-0.25, -0.2) is 9.97 Å². The van der Waals surface area contributed by atoms with E-state index in [2.05, 4.69) is 26.8 Å². The zero-order valence-corrected chi connectivity index (χ0v) is 11.4. The second-order valence-electron chi connectivity index (χ2n) is 4.68. The number of aromatic nitrogens is 3. The average Bonchev–Trinajstić information content (AvgIpc) is 2.47. The lowest BCUT2D eigenvalue weighted by molar-refractivity contribution is 0.0361. The fraction of sp³-hybridized carbons (Fsp3) is 0.462. The maximum Gasteiger partial charge on any atom is 0.180 e. The third-order valence-electron chi connectivity index (χ3n) is 3.29. The van der Waals surface area contributed by atoms with Crippen LogP contribution in [0.2, 0.25) is 0 Å². The summed E-state index contributed by atoms with van der Waals surface area (Å²) >= 11 is 5.88. The van der Waals surface area contributed by atoms with Crippen LogP contribution in [-0.2, 0) is 4.74 Å². The second kappa shape index (κ2) is 5.27. The Kier molecular flexibility index (Phi) is 3.48. The van der Waals surface area contributed by atoms with Crippen molar-refractivity contribution in [1.82, 2.24) is 15.0 Å². The number of morpholine rings is 1. The van der Waals surface area contributed by atoms with Crippen molar-refractivity contribution < 1.29 is 4.74 Å². The molecule has 1 aliphatic rings. The maximum atomic E-state index is 5.88. The normalized spacial score (nSPS) is 23.8. The van der Waals surface area contributed by atoms with Gasteiger partial charge in [0.2, 0.25) is 0 Å². The highest BCUT2D eigenvalue weighted by atomic mass is 35.5. The van der Waals surface area contributed by atoms with Crippen LogP contribution in [0.3, 0.4) is 0 Å². The highest BCUT2D eigenvalue weighted by Crippen LogP contribution is 2.21. The molecule has 2 unspecified atom stereocenters. The van der Waals surface area contributed by atoms with Gasteiger partial charge in [-0.05, 0) is 19.1 Å². The summed E-state index contributed by atoms with van der Waals surface area (Å²) < 4.78 is 5.65. The zero-order valence-electron chi connectivity index (χ0n) is 10.7. The summed E-state index contributed by atoms with van der Waals surface area (Å²) in [5, 5.41) is 0. The molecule has 0 spiro atoms. The van der Waals surface area contributed by atoms with Crippen LogP contribution in [0.4, 0.5) is 5.82 Å². The molecule has 0 amide bonds. The van der Waals surface area contributed by atoms with E-state index in [4.69, 9.17) is 16.3 Å². The zero-order chi connectivity index (χ0) is 13.2. The third kappa shape index (κ3) is 2.48. The molecule has 2 aromatic rings. The first-order valence-electron chi connectivity index (χ1n) is 6.30. The number of rotatable bonds is 2. The predicted molar refractivity (Wildman–Crippen MR) is 74.6 cm³/mol. The summed E-state index contributed by atoms with van der Waals surface area (Å²) in [4.78, 5) is 15.3. The molecule has 0 N–H and O–H groups in total. The van der Waals surface area contributed by atoms with E-state index in [0.29, 0.717) is 18.1 Å². The van der Waals surface area contributed by atoms with E-state index < -0.39 is 0 Å². The van der Waals surface area contributed by atoms with Crippen molar-refractivity contribution in [2.24, 2.45) is 0 Å². The highest BCUT2D eigenvalue weighted by Gasteiger charge is 2.26. The van der Waals surface area contributed by atoms with Crippen molar-refractivity contribution in [2.45, 2.75) is 19.1 Å². The van der Waals surface area contributed by atoms with Gasteiger partial charge < -0.3 is 9.64 Å². The van der Waals surface area contributed by atoms with Crippen LogP contribution in [0.15, 0.2) is 24.5 Å². The summed E-state index contributed by atoms with van der Waals surface area (Å²) in [7, 11) is 0. The van der Waals surface area contributed by atoms with Crippen LogP contribution in [-0.4, -0.2) is 46.1 Å². The lowest BCUT2D eigenvalue weighted by Gasteiger charge is -2.38. The second-order valence-corrected chi connectivity index (χ2v) is 4.99. The summed E-state index contributed by atoms with van der Waals surface area (Å²) in [6, 6.07) is 4.20. The molecular weight excluding hydrogens is 264 g/mol. The Labute approximate surface area is 116 Å². The smallest absolute Gasteiger partial charge is 0.180 e. The van der Waals surface area contributed by atoms with Gasteiger partial charge in [0, 0.05) is 18.9 Å². The molecule has 6 heteroatoms. The molecule has 0 saturated carbocycles. The van der Waals surface area contributed by atoms with E-state index in [9.17, 15) is 0 Å². The monoisotopic (exact) mass is 278 g/mol. The van der Waals surface area contributed by atoms with Gasteiger partial charge in [-0.2, -0.15) is 0 Å². The molecule has 0 aromatic carbocycles. The number of fused-ring (bicyclic) bond motifs is 1. The SMILES string of the molecule is CC1COC(CCl)CN1c1ccc2nccnc2n1. The van der Waals surface area contributed by atoms with Gasteiger partial charge in [-0.1, -0.05) is 0 Å². The van der Waals surface area contributed by atoms with Gasteiger partial charge in [0.15, 0.2) is 5.65 Å². The molecule has 2 atom stereocenters. The van der Waals surface area contributed by atoms with Crippen molar-refractivity contribution in [1.29, 1.82) is 0 Å². The first-order valence-corrected chi connectivity index (χ1v) is 6.83. The molecule has 3 heterocycles. The van der Waals surface area contributed by atoms with Crippen molar-refractivity contribution in [2.75, 3.05) is 23.9 Å². The van der Waals surface area contributed by atoms with Gasteiger partial charge in [0.05, 0.1) is 24.6 Å². The van der Waals surface area contributed by atoms with Crippen LogP contribution >= 0.6 is 11.6 Å². The number of anilines is 1. The molecule has 19 heavy (non-hydrogen) atoms. The lowest BCUT2D eigenvalue weighted by atomic mass is 10.2. The molecule has 1 aliphatic heterocycles. The summed E-state index contributed by atoms with van der Waals surface area (Å²) in [6.07, 6.45) is 3.38. The number of nitrogens with zero attached hydrogens (tertiary/aromatic N) is 4. The largest absolute Gasteiger partial charge is 0.373 e. The van der Waals surface area contributed by atoms with E-state index in [-0.39, 0.29) is 12.1 Å². The van der Waals surface area contributed by atoms with E-state index in [1.54, 1.807) is 12.4 Å². The molecular formula is C13H15ClN4O. The number of ether oxygens (including phenoxy) is 1. The van der Waals surface area contributed by atoms with Gasteiger partial charge in [-0.15, -0.1) is 11.6 Å². The number of hydrogen-bond acceptors (Lipinski definition) is 5. The minimum Gasteiger partial charge on any atom is -0.373 e. The van der Waals surface area contributed by atoms with Gasteiger partial charge in [-0.3, -0.25) is 4.98 Å². The fourth-order valence-corrected chi connectivity index (χ4v) is 2.42. The molecule has 0 aliphatic carbocycles. The molecule has 0 radical (unpaired) electrons. The van der Waals surface area contributed by atoms with E-state index in [1.807, 2.05) is 12.1 Å². The highest BCUT2D eigenvalue weighted by molar-refractivity contribution is 6.18. The fourth-order valence-electron chi connectivity index (χ4n) is 2.23. The molecule has 1 fully saturated rings. The first-order chi connectivity index (χ1) is 9.28. The minimum absolute atomic E-state index is 0.0530. The molecule has 3 rings (SSSR count). The Morgan fingerprint density at radius 2 is 2.21 bits per heavy atom. The minimum atomic E-state index is 0.0530. The van der Waals surface area contributed by atoms with Crippen LogP contribution in [0.1, 0.15) is 6.92 Å². The van der Waals surface area contributed by atoms with Crippen molar-refractivity contribution in [3.8, 4) is 0 Å². The Hall–Kier alpha value is -1.46. The van der Waals surface area contributed by atoms with Gasteiger partial charge >= 0.3 is 0 Å². The van der Waals surface area contributed by atoms with E-state index >= 15 is 0 Å². The Morgan fingerprint density at radius 3 is 3.05 bits per heavy atom. The maximum absolute atomic E-state index is 5.88. The van der Waals surface area contributed by atoms with Crippen molar-refractivity contribution in [3.05, 3.63) is 24.5 Å².